The van der Waals surface area contributed by atoms with Gasteiger partial charge < -0.3 is 15.3 Å². The Balaban J connectivity index is 0.000000242. The Kier molecular flexibility index (Phi) is 9.55. The number of rotatable bonds is 3. The van der Waals surface area contributed by atoms with Crippen molar-refractivity contribution >= 4 is 42.9 Å². The number of aryl methyl sites for hydroxylation is 1. The summed E-state index contributed by atoms with van der Waals surface area (Å²) in [7, 11) is 0. The molecule has 5 heteroatoms. The van der Waals surface area contributed by atoms with Gasteiger partial charge in [-0.2, -0.15) is 0 Å². The number of thiophene rings is 1. The molecule has 3 nitrogen and oxygen atoms in total. The van der Waals surface area contributed by atoms with Gasteiger partial charge in [0.05, 0.1) is 0 Å². The van der Waals surface area contributed by atoms with Crippen LogP contribution in [-0.4, -0.2) is 9.97 Å². The molecule has 0 saturated heterocycles. The summed E-state index contributed by atoms with van der Waals surface area (Å²) in [5.41, 5.74) is 15.8. The molecule has 0 spiro atoms. The maximum Gasteiger partial charge on any atom is 0.0395 e. The molecule has 4 heterocycles. The van der Waals surface area contributed by atoms with Crippen molar-refractivity contribution in [3.8, 4) is 55.9 Å². The standard InChI is InChI=1S/C36H23N2S.C12H10N.Ir/c1-22-27-18-25(23-9-3-2-4-10-23)19-28(22)30-20-31-26-11-5-6-13-35(26)39-36(31)21-34(30)38-33-15-14-24(17-29(27)33)32-12-7-8-16-37-32;1-10-7-8-12(13-9-10)11-5-3-2-4-6-11;/h2-13,15-21,38H,1H3;2-5,7-9H,1H3;/q2*-1;. The van der Waals surface area contributed by atoms with Crippen LogP contribution in [0.4, 0.5) is 11.4 Å². The third-order valence-electron chi connectivity index (χ3n) is 9.67. The van der Waals surface area contributed by atoms with E-state index in [0.29, 0.717) is 0 Å². The van der Waals surface area contributed by atoms with Crippen molar-refractivity contribution in [2.75, 3.05) is 5.32 Å². The predicted molar refractivity (Wildman–Crippen MR) is 219 cm³/mol. The van der Waals surface area contributed by atoms with Crippen molar-refractivity contribution in [3.05, 3.63) is 181 Å². The Labute approximate surface area is 327 Å². The Bertz CT molecular complexity index is 2710. The summed E-state index contributed by atoms with van der Waals surface area (Å²) in [6.45, 7) is 4.29. The average Bonchev–Trinajstić information content (AvgIpc) is 3.57. The van der Waals surface area contributed by atoms with E-state index >= 15 is 0 Å². The SMILES string of the molecule is Cc1c2cc(-c3ccccc3)cc1-c1cc3c(cc1Nc1c[c-]c(-c4ccccn4)cc1-2)sc1ccccc13.Cc1ccc(-c2[c-]cccc2)nc1.[Ir]. The van der Waals surface area contributed by atoms with E-state index in [1.54, 1.807) is 0 Å². The van der Waals surface area contributed by atoms with Gasteiger partial charge in [0.15, 0.2) is 0 Å². The molecule has 1 aliphatic heterocycles. The molecular weight excluding hydrogens is 843 g/mol. The zero-order valence-electron chi connectivity index (χ0n) is 29.1. The molecule has 0 saturated carbocycles. The van der Waals surface area contributed by atoms with Gasteiger partial charge in [-0.15, -0.1) is 71.0 Å². The fourth-order valence-electron chi connectivity index (χ4n) is 6.98. The third-order valence-corrected chi connectivity index (χ3v) is 10.8. The van der Waals surface area contributed by atoms with Crippen molar-refractivity contribution in [1.82, 2.24) is 9.97 Å². The predicted octanol–water partition coefficient (Wildman–Crippen LogP) is 13.1. The van der Waals surface area contributed by atoms with Crippen LogP contribution >= 0.6 is 11.3 Å². The summed E-state index contributed by atoms with van der Waals surface area (Å²) < 4.78 is 2.60. The molecule has 53 heavy (non-hydrogen) atoms. The number of benzene rings is 6. The molecule has 1 N–H and O–H groups in total. The summed E-state index contributed by atoms with van der Waals surface area (Å²) in [5, 5.41) is 6.43. The summed E-state index contributed by atoms with van der Waals surface area (Å²) in [6.07, 6.45) is 3.71. The van der Waals surface area contributed by atoms with E-state index in [4.69, 9.17) is 0 Å². The molecular formula is C48H33IrN3S-2. The zero-order chi connectivity index (χ0) is 35.0. The molecule has 10 rings (SSSR count). The average molecular weight is 876 g/mol. The fraction of sp³-hybridized carbons (Fsp3) is 0.0417. The minimum atomic E-state index is 0. The van der Waals surface area contributed by atoms with Gasteiger partial charge in [0.2, 0.25) is 0 Å². The van der Waals surface area contributed by atoms with Crippen molar-refractivity contribution < 1.29 is 20.1 Å². The molecule has 1 radical (unpaired) electrons. The number of anilines is 2. The van der Waals surface area contributed by atoms with E-state index in [-0.39, 0.29) is 20.1 Å². The zero-order valence-corrected chi connectivity index (χ0v) is 32.4. The van der Waals surface area contributed by atoms with Gasteiger partial charge in [0, 0.05) is 63.9 Å². The number of hydrogen-bond acceptors (Lipinski definition) is 4. The Morgan fingerprint density at radius 1 is 0.547 bits per heavy atom. The van der Waals surface area contributed by atoms with Gasteiger partial charge in [-0.3, -0.25) is 0 Å². The molecule has 0 fully saturated rings. The van der Waals surface area contributed by atoms with Crippen molar-refractivity contribution in [2.24, 2.45) is 0 Å². The first-order chi connectivity index (χ1) is 25.6. The molecule has 2 bridgehead atoms. The number of aromatic nitrogens is 2. The van der Waals surface area contributed by atoms with E-state index in [9.17, 15) is 0 Å². The Morgan fingerprint density at radius 3 is 2.06 bits per heavy atom. The molecule has 0 amide bonds. The van der Waals surface area contributed by atoms with Crippen molar-refractivity contribution in [3.63, 3.8) is 0 Å². The molecule has 257 valence electrons. The Morgan fingerprint density at radius 2 is 1.30 bits per heavy atom. The maximum absolute atomic E-state index is 4.60. The quantitative estimate of drug-likeness (QED) is 0.180. The molecule has 0 unspecified atom stereocenters. The van der Waals surface area contributed by atoms with Gasteiger partial charge in [-0.05, 0) is 101 Å². The van der Waals surface area contributed by atoms with Crippen LogP contribution in [0.3, 0.4) is 0 Å². The fourth-order valence-corrected chi connectivity index (χ4v) is 8.11. The van der Waals surface area contributed by atoms with Crippen molar-refractivity contribution in [1.29, 1.82) is 0 Å². The second kappa shape index (κ2) is 14.7. The molecule has 3 aromatic heterocycles. The number of pyridine rings is 2. The normalized spacial score (nSPS) is 11.2. The third kappa shape index (κ3) is 6.71. The van der Waals surface area contributed by atoms with Crippen LogP contribution in [0.2, 0.25) is 0 Å². The largest absolute Gasteiger partial charge is 0.394 e. The van der Waals surface area contributed by atoms with E-state index in [0.717, 1.165) is 39.5 Å². The second-order valence-electron chi connectivity index (χ2n) is 13.1. The van der Waals surface area contributed by atoms with Crippen LogP contribution in [0, 0.1) is 26.0 Å². The molecule has 0 atom stereocenters. The van der Waals surface area contributed by atoms with Gasteiger partial charge in [-0.1, -0.05) is 78.4 Å². The molecule has 6 aromatic carbocycles. The van der Waals surface area contributed by atoms with Crippen molar-refractivity contribution in [2.45, 2.75) is 13.8 Å². The molecule has 9 aromatic rings. The van der Waals surface area contributed by atoms with Crippen LogP contribution in [0.1, 0.15) is 11.1 Å². The summed E-state index contributed by atoms with van der Waals surface area (Å²) in [5.74, 6) is 0. The summed E-state index contributed by atoms with van der Waals surface area (Å²) in [6, 6.07) is 57.7. The van der Waals surface area contributed by atoms with Gasteiger partial charge >= 0.3 is 0 Å². The molecule has 0 aliphatic carbocycles. The van der Waals surface area contributed by atoms with E-state index < -0.39 is 0 Å². The first kappa shape index (κ1) is 34.4. The monoisotopic (exact) mass is 876 g/mol. The van der Waals surface area contributed by atoms with Crippen LogP contribution in [0.25, 0.3) is 76.1 Å². The first-order valence-corrected chi connectivity index (χ1v) is 18.2. The van der Waals surface area contributed by atoms with E-state index in [1.165, 1.54) is 59.1 Å². The van der Waals surface area contributed by atoms with E-state index in [2.05, 4.69) is 131 Å². The Hall–Kier alpha value is -5.71. The number of nitrogens with zero attached hydrogens (tertiary/aromatic N) is 2. The van der Waals surface area contributed by atoms with Gasteiger partial charge in [0.25, 0.3) is 0 Å². The van der Waals surface area contributed by atoms with Crippen LogP contribution in [0.5, 0.6) is 0 Å². The van der Waals surface area contributed by atoms with Crippen LogP contribution in [0.15, 0.2) is 158 Å². The maximum atomic E-state index is 4.60. The second-order valence-corrected chi connectivity index (χ2v) is 14.1. The minimum absolute atomic E-state index is 0. The number of nitrogens with one attached hydrogen (secondary N) is 1. The number of fused-ring (bicyclic) bond motifs is 9. The summed E-state index contributed by atoms with van der Waals surface area (Å²) >= 11 is 1.85. The first-order valence-electron chi connectivity index (χ1n) is 17.4. The molecule has 1 aliphatic rings. The van der Waals surface area contributed by atoms with Crippen LogP contribution in [-0.2, 0) is 20.1 Å². The van der Waals surface area contributed by atoms with E-state index in [1.807, 2.05) is 79.2 Å². The smallest absolute Gasteiger partial charge is 0.0395 e. The van der Waals surface area contributed by atoms with Gasteiger partial charge in [0.1, 0.15) is 0 Å². The minimum Gasteiger partial charge on any atom is -0.394 e. The van der Waals surface area contributed by atoms with Gasteiger partial charge in [-0.25, -0.2) is 0 Å². The number of hydrogen-bond donors (Lipinski definition) is 1. The van der Waals surface area contributed by atoms with Crippen LogP contribution < -0.4 is 5.32 Å². The topological polar surface area (TPSA) is 37.8 Å². The summed E-state index contributed by atoms with van der Waals surface area (Å²) in [4.78, 5) is 8.92.